The molecule has 0 spiro atoms. The Morgan fingerprint density at radius 2 is 1.77 bits per heavy atom. The normalized spacial score (nSPS) is 14.5. The van der Waals surface area contributed by atoms with Crippen LogP contribution < -0.4 is 0 Å². The molecule has 1 aromatic rings. The Labute approximate surface area is 158 Å². The van der Waals surface area contributed by atoms with Crippen molar-refractivity contribution in [3.63, 3.8) is 0 Å². The van der Waals surface area contributed by atoms with Crippen LogP contribution in [0.1, 0.15) is 69.3 Å². The average molecular weight is 359 g/mol. The van der Waals surface area contributed by atoms with Crippen LogP contribution in [0.2, 0.25) is 0 Å². The topological polar surface area (TPSA) is 40.6 Å². The molecule has 144 valence electrons. The second-order valence-electron chi connectivity index (χ2n) is 8.28. The first-order chi connectivity index (χ1) is 12.4. The van der Waals surface area contributed by atoms with Gasteiger partial charge in [0.15, 0.2) is 0 Å². The molecule has 4 heteroatoms. The maximum absolute atomic E-state index is 13.1. The molecule has 1 fully saturated rings. The molecule has 0 radical (unpaired) electrons. The predicted molar refractivity (Wildman–Crippen MR) is 106 cm³/mol. The molecule has 0 unspecified atom stereocenters. The van der Waals surface area contributed by atoms with Crippen molar-refractivity contribution in [1.29, 1.82) is 0 Å². The summed E-state index contributed by atoms with van der Waals surface area (Å²) in [4.78, 5) is 28.8. The van der Waals surface area contributed by atoms with Crippen LogP contribution in [0.3, 0.4) is 0 Å². The summed E-state index contributed by atoms with van der Waals surface area (Å²) in [6.07, 6.45) is 3.63. The van der Waals surface area contributed by atoms with Crippen molar-refractivity contribution < 1.29 is 9.59 Å². The third kappa shape index (κ3) is 6.15. The van der Waals surface area contributed by atoms with Gasteiger partial charge in [-0.2, -0.15) is 0 Å². The summed E-state index contributed by atoms with van der Waals surface area (Å²) in [5.41, 5.74) is 1.78. The minimum atomic E-state index is 0.112. The standard InChI is InChI=1S/C22H34N2O2/c1-17(2)10-13-23(14-11-18(3)4)22(26)20-8-5-7-19(15-20)16-24-12-6-9-21(24)25/h5,7-8,15,17-18H,6,9-14,16H2,1-4H3. The molecule has 0 aromatic heterocycles. The summed E-state index contributed by atoms with van der Waals surface area (Å²) in [6.45, 7) is 11.8. The molecule has 1 saturated heterocycles. The largest absolute Gasteiger partial charge is 0.339 e. The number of nitrogens with zero attached hydrogens (tertiary/aromatic N) is 2. The lowest BCUT2D eigenvalue weighted by Gasteiger charge is -2.25. The summed E-state index contributed by atoms with van der Waals surface area (Å²) >= 11 is 0. The average Bonchev–Trinajstić information content (AvgIpc) is 2.99. The summed E-state index contributed by atoms with van der Waals surface area (Å²) in [5.74, 6) is 1.49. The van der Waals surface area contributed by atoms with Crippen molar-refractivity contribution in [3.8, 4) is 0 Å². The number of benzene rings is 1. The fourth-order valence-corrected chi connectivity index (χ4v) is 3.22. The lowest BCUT2D eigenvalue weighted by Crippen LogP contribution is -2.34. The second kappa shape index (κ2) is 9.75. The van der Waals surface area contributed by atoms with Crippen molar-refractivity contribution in [2.75, 3.05) is 19.6 Å². The highest BCUT2D eigenvalue weighted by molar-refractivity contribution is 5.94. The minimum Gasteiger partial charge on any atom is -0.339 e. The molecular weight excluding hydrogens is 324 g/mol. The van der Waals surface area contributed by atoms with E-state index in [0.29, 0.717) is 24.8 Å². The molecule has 0 bridgehead atoms. The molecule has 26 heavy (non-hydrogen) atoms. The van der Waals surface area contributed by atoms with E-state index in [9.17, 15) is 9.59 Å². The number of amides is 2. The fourth-order valence-electron chi connectivity index (χ4n) is 3.22. The minimum absolute atomic E-state index is 0.112. The number of hydrogen-bond donors (Lipinski definition) is 0. The van der Waals surface area contributed by atoms with Gasteiger partial charge in [-0.1, -0.05) is 39.8 Å². The SMILES string of the molecule is CC(C)CCN(CCC(C)C)C(=O)c1cccc(CN2CCCC2=O)c1. The summed E-state index contributed by atoms with van der Waals surface area (Å²) < 4.78 is 0. The van der Waals surface area contributed by atoms with Gasteiger partial charge >= 0.3 is 0 Å². The van der Waals surface area contributed by atoms with Crippen molar-refractivity contribution in [2.24, 2.45) is 11.8 Å². The van der Waals surface area contributed by atoms with Crippen LogP contribution in [-0.2, 0) is 11.3 Å². The van der Waals surface area contributed by atoms with Crippen LogP contribution in [0.15, 0.2) is 24.3 Å². The van der Waals surface area contributed by atoms with Gasteiger partial charge in [0.2, 0.25) is 5.91 Å². The van der Waals surface area contributed by atoms with Crippen LogP contribution >= 0.6 is 0 Å². The number of hydrogen-bond acceptors (Lipinski definition) is 2. The van der Waals surface area contributed by atoms with E-state index in [2.05, 4.69) is 27.7 Å². The molecule has 0 aliphatic carbocycles. The Kier molecular flexibility index (Phi) is 7.67. The van der Waals surface area contributed by atoms with Crippen molar-refractivity contribution in [2.45, 2.75) is 59.9 Å². The summed E-state index contributed by atoms with van der Waals surface area (Å²) in [7, 11) is 0. The zero-order valence-corrected chi connectivity index (χ0v) is 16.8. The van der Waals surface area contributed by atoms with Crippen molar-refractivity contribution in [1.82, 2.24) is 9.80 Å². The molecule has 2 rings (SSSR count). The Bertz CT molecular complexity index is 598. The first-order valence-corrected chi connectivity index (χ1v) is 10.0. The van der Waals surface area contributed by atoms with E-state index in [-0.39, 0.29) is 11.8 Å². The monoisotopic (exact) mass is 358 g/mol. The van der Waals surface area contributed by atoms with Gasteiger partial charge in [0.25, 0.3) is 5.91 Å². The molecule has 1 aliphatic heterocycles. The van der Waals surface area contributed by atoms with E-state index in [0.717, 1.165) is 50.0 Å². The highest BCUT2D eigenvalue weighted by Gasteiger charge is 2.21. The molecule has 2 amide bonds. The number of carbonyl (C=O) groups is 2. The van der Waals surface area contributed by atoms with Gasteiger partial charge in [0, 0.05) is 38.2 Å². The van der Waals surface area contributed by atoms with Crippen molar-refractivity contribution >= 4 is 11.8 Å². The van der Waals surface area contributed by atoms with Crippen LogP contribution in [0.4, 0.5) is 0 Å². The lowest BCUT2D eigenvalue weighted by molar-refractivity contribution is -0.128. The molecule has 0 N–H and O–H groups in total. The molecular formula is C22H34N2O2. The Morgan fingerprint density at radius 1 is 1.12 bits per heavy atom. The Morgan fingerprint density at radius 3 is 2.31 bits per heavy atom. The van der Waals surface area contributed by atoms with Gasteiger partial charge in [0.05, 0.1) is 0 Å². The van der Waals surface area contributed by atoms with Gasteiger partial charge in [-0.3, -0.25) is 9.59 Å². The van der Waals surface area contributed by atoms with Crippen LogP contribution in [0.25, 0.3) is 0 Å². The number of likely N-dealkylation sites (tertiary alicyclic amines) is 1. The van der Waals surface area contributed by atoms with Crippen molar-refractivity contribution in [3.05, 3.63) is 35.4 Å². The maximum Gasteiger partial charge on any atom is 0.253 e. The third-order valence-electron chi connectivity index (χ3n) is 4.96. The maximum atomic E-state index is 13.1. The highest BCUT2D eigenvalue weighted by atomic mass is 16.2. The van der Waals surface area contributed by atoms with Gasteiger partial charge in [0.1, 0.15) is 0 Å². The summed E-state index contributed by atoms with van der Waals surface area (Å²) in [5, 5.41) is 0. The van der Waals surface area contributed by atoms with E-state index < -0.39 is 0 Å². The quantitative estimate of drug-likeness (QED) is 0.659. The lowest BCUT2D eigenvalue weighted by atomic mass is 10.1. The van der Waals surface area contributed by atoms with Gasteiger partial charge in [-0.25, -0.2) is 0 Å². The zero-order chi connectivity index (χ0) is 19.1. The van der Waals surface area contributed by atoms with Gasteiger partial charge in [-0.05, 0) is 48.8 Å². The molecule has 1 heterocycles. The molecule has 0 saturated carbocycles. The van der Waals surface area contributed by atoms with Crippen LogP contribution in [0.5, 0.6) is 0 Å². The second-order valence-corrected chi connectivity index (χ2v) is 8.28. The molecule has 1 aliphatic rings. The molecule has 0 atom stereocenters. The number of carbonyl (C=O) groups excluding carboxylic acids is 2. The van der Waals surface area contributed by atoms with E-state index in [1.54, 1.807) is 0 Å². The van der Waals surface area contributed by atoms with Crippen LogP contribution in [-0.4, -0.2) is 41.2 Å². The van der Waals surface area contributed by atoms with Gasteiger partial charge in [-0.15, -0.1) is 0 Å². The van der Waals surface area contributed by atoms with E-state index >= 15 is 0 Å². The fraction of sp³-hybridized carbons (Fsp3) is 0.636. The predicted octanol–water partition coefficient (Wildman–Crippen LogP) is 4.34. The van der Waals surface area contributed by atoms with Crippen LogP contribution in [0, 0.1) is 11.8 Å². The molecule has 4 nitrogen and oxygen atoms in total. The number of rotatable bonds is 9. The smallest absolute Gasteiger partial charge is 0.253 e. The first kappa shape index (κ1) is 20.5. The van der Waals surface area contributed by atoms with Gasteiger partial charge < -0.3 is 9.80 Å². The Balaban J connectivity index is 2.08. The highest BCUT2D eigenvalue weighted by Crippen LogP contribution is 2.17. The zero-order valence-electron chi connectivity index (χ0n) is 16.8. The van der Waals surface area contributed by atoms with E-state index in [1.165, 1.54) is 0 Å². The first-order valence-electron chi connectivity index (χ1n) is 10.0. The van der Waals surface area contributed by atoms with E-state index in [4.69, 9.17) is 0 Å². The summed E-state index contributed by atoms with van der Waals surface area (Å²) in [6, 6.07) is 7.81. The molecule has 1 aromatic carbocycles. The van der Waals surface area contributed by atoms with E-state index in [1.807, 2.05) is 34.1 Å². The third-order valence-corrected chi connectivity index (χ3v) is 4.96. The Hall–Kier alpha value is -1.84.